The normalized spacial score (nSPS) is 20.8. The van der Waals surface area contributed by atoms with Crippen LogP contribution in [0.3, 0.4) is 0 Å². The van der Waals surface area contributed by atoms with Gasteiger partial charge in [0.25, 0.3) is 0 Å². The van der Waals surface area contributed by atoms with E-state index in [0.717, 1.165) is 19.5 Å². The Morgan fingerprint density at radius 1 is 1.47 bits per heavy atom. The standard InChI is InChI=1S/C12H14Cl2N2O/c13-8-1-2-10(11(14)5-8)12(17)7-16-4-3-9(15)6-16/h1-2,5,9H,3-4,6-7,15H2. The molecule has 0 bridgehead atoms. The van der Waals surface area contributed by atoms with E-state index in [2.05, 4.69) is 4.90 Å². The number of likely N-dealkylation sites (tertiary alicyclic amines) is 1. The summed E-state index contributed by atoms with van der Waals surface area (Å²) < 4.78 is 0. The molecule has 0 amide bonds. The third-order valence-electron chi connectivity index (χ3n) is 2.91. The third kappa shape index (κ3) is 3.19. The van der Waals surface area contributed by atoms with Crippen molar-refractivity contribution in [2.24, 2.45) is 5.73 Å². The van der Waals surface area contributed by atoms with E-state index < -0.39 is 0 Å². The van der Waals surface area contributed by atoms with Gasteiger partial charge in [0.1, 0.15) is 0 Å². The maximum Gasteiger partial charge on any atom is 0.178 e. The van der Waals surface area contributed by atoms with Gasteiger partial charge in [0.2, 0.25) is 0 Å². The molecule has 92 valence electrons. The van der Waals surface area contributed by atoms with Crippen LogP contribution in [-0.2, 0) is 0 Å². The predicted octanol–water partition coefficient (Wildman–Crippen LogP) is 2.21. The Morgan fingerprint density at radius 3 is 2.82 bits per heavy atom. The zero-order chi connectivity index (χ0) is 12.4. The van der Waals surface area contributed by atoms with Crippen molar-refractivity contribution in [3.63, 3.8) is 0 Å². The molecule has 3 nitrogen and oxygen atoms in total. The molecular formula is C12H14Cl2N2O. The van der Waals surface area contributed by atoms with Crippen LogP contribution in [0, 0.1) is 0 Å². The molecule has 5 heteroatoms. The fourth-order valence-electron chi connectivity index (χ4n) is 2.01. The van der Waals surface area contributed by atoms with Crippen LogP contribution in [-0.4, -0.2) is 36.4 Å². The molecular weight excluding hydrogens is 259 g/mol. The van der Waals surface area contributed by atoms with E-state index in [1.807, 2.05) is 0 Å². The van der Waals surface area contributed by atoms with Gasteiger partial charge in [0.05, 0.1) is 11.6 Å². The highest BCUT2D eigenvalue weighted by atomic mass is 35.5. The molecule has 1 aromatic carbocycles. The number of hydrogen-bond acceptors (Lipinski definition) is 3. The van der Waals surface area contributed by atoms with Gasteiger partial charge in [-0.25, -0.2) is 0 Å². The molecule has 1 atom stereocenters. The van der Waals surface area contributed by atoms with Crippen molar-refractivity contribution in [1.29, 1.82) is 0 Å². The lowest BCUT2D eigenvalue weighted by Gasteiger charge is -2.14. The quantitative estimate of drug-likeness (QED) is 0.859. The number of Topliss-reactive ketones (excluding diaryl/α,β-unsaturated/α-hetero) is 1. The fourth-order valence-corrected chi connectivity index (χ4v) is 2.52. The first kappa shape index (κ1) is 12.8. The first-order chi connectivity index (χ1) is 8.06. The van der Waals surface area contributed by atoms with Crippen LogP contribution < -0.4 is 5.73 Å². The van der Waals surface area contributed by atoms with Gasteiger partial charge in [-0.05, 0) is 24.6 Å². The van der Waals surface area contributed by atoms with E-state index in [1.54, 1.807) is 18.2 Å². The van der Waals surface area contributed by atoms with Crippen LogP contribution in [0.25, 0.3) is 0 Å². The SMILES string of the molecule is NC1CCN(CC(=O)c2ccc(Cl)cc2Cl)C1. The first-order valence-corrected chi connectivity index (χ1v) is 6.28. The lowest BCUT2D eigenvalue weighted by Crippen LogP contribution is -2.31. The lowest BCUT2D eigenvalue weighted by molar-refractivity contribution is 0.0945. The number of nitrogens with two attached hydrogens (primary N) is 1. The monoisotopic (exact) mass is 272 g/mol. The molecule has 1 heterocycles. The Bertz CT molecular complexity index is 437. The molecule has 1 saturated heterocycles. The fraction of sp³-hybridized carbons (Fsp3) is 0.417. The first-order valence-electron chi connectivity index (χ1n) is 5.52. The second-order valence-electron chi connectivity index (χ2n) is 4.33. The number of rotatable bonds is 3. The van der Waals surface area contributed by atoms with Gasteiger partial charge in [-0.3, -0.25) is 9.69 Å². The van der Waals surface area contributed by atoms with Crippen LogP contribution in [0.1, 0.15) is 16.8 Å². The summed E-state index contributed by atoms with van der Waals surface area (Å²) >= 11 is 11.8. The molecule has 2 N–H and O–H groups in total. The lowest BCUT2D eigenvalue weighted by atomic mass is 10.1. The van der Waals surface area contributed by atoms with Crippen molar-refractivity contribution in [1.82, 2.24) is 4.90 Å². The number of halogens is 2. The summed E-state index contributed by atoms with van der Waals surface area (Å²) in [4.78, 5) is 14.1. The Hall–Kier alpha value is -0.610. The molecule has 0 radical (unpaired) electrons. The van der Waals surface area contributed by atoms with E-state index >= 15 is 0 Å². The summed E-state index contributed by atoms with van der Waals surface area (Å²) in [5.41, 5.74) is 6.32. The largest absolute Gasteiger partial charge is 0.326 e. The number of carbonyl (C=O) groups excluding carboxylic acids is 1. The van der Waals surface area contributed by atoms with Gasteiger partial charge >= 0.3 is 0 Å². The number of benzene rings is 1. The summed E-state index contributed by atoms with van der Waals surface area (Å²) in [6, 6.07) is 5.12. The summed E-state index contributed by atoms with van der Waals surface area (Å²) in [5.74, 6) is 0.0146. The summed E-state index contributed by atoms with van der Waals surface area (Å²) in [6.45, 7) is 2.02. The Balaban J connectivity index is 2.04. The van der Waals surface area contributed by atoms with Gasteiger partial charge < -0.3 is 5.73 Å². The van der Waals surface area contributed by atoms with Gasteiger partial charge in [-0.15, -0.1) is 0 Å². The molecule has 0 saturated carbocycles. The van der Waals surface area contributed by atoms with E-state index in [4.69, 9.17) is 28.9 Å². The van der Waals surface area contributed by atoms with E-state index in [0.29, 0.717) is 22.2 Å². The van der Waals surface area contributed by atoms with Gasteiger partial charge in [0.15, 0.2) is 5.78 Å². The van der Waals surface area contributed by atoms with E-state index in [9.17, 15) is 4.79 Å². The highest BCUT2D eigenvalue weighted by Crippen LogP contribution is 2.22. The van der Waals surface area contributed by atoms with Crippen molar-refractivity contribution in [2.45, 2.75) is 12.5 Å². The van der Waals surface area contributed by atoms with Crippen LogP contribution in [0.15, 0.2) is 18.2 Å². The highest BCUT2D eigenvalue weighted by molar-refractivity contribution is 6.36. The molecule has 0 aromatic heterocycles. The van der Waals surface area contributed by atoms with Crippen molar-refractivity contribution >= 4 is 29.0 Å². The summed E-state index contributed by atoms with van der Waals surface area (Å²) in [5, 5.41) is 0.945. The molecule has 1 aliphatic rings. The number of nitrogens with zero attached hydrogens (tertiary/aromatic N) is 1. The molecule has 1 aliphatic heterocycles. The average Bonchev–Trinajstić information content (AvgIpc) is 2.63. The maximum absolute atomic E-state index is 12.0. The van der Waals surface area contributed by atoms with Crippen molar-refractivity contribution in [3.05, 3.63) is 33.8 Å². The molecule has 17 heavy (non-hydrogen) atoms. The maximum atomic E-state index is 12.0. The summed E-state index contributed by atoms with van der Waals surface area (Å²) in [7, 11) is 0. The molecule has 1 aromatic rings. The Kier molecular flexibility index (Phi) is 4.05. The Labute approximate surface area is 110 Å². The zero-order valence-corrected chi connectivity index (χ0v) is 10.8. The predicted molar refractivity (Wildman–Crippen MR) is 69.8 cm³/mol. The van der Waals surface area contributed by atoms with Crippen LogP contribution in [0.5, 0.6) is 0 Å². The average molecular weight is 273 g/mol. The van der Waals surface area contributed by atoms with Gasteiger partial charge in [-0.1, -0.05) is 23.2 Å². The van der Waals surface area contributed by atoms with E-state index in [1.165, 1.54) is 0 Å². The van der Waals surface area contributed by atoms with Crippen molar-refractivity contribution < 1.29 is 4.79 Å². The second-order valence-corrected chi connectivity index (χ2v) is 5.17. The molecule has 0 aliphatic carbocycles. The van der Waals surface area contributed by atoms with Crippen molar-refractivity contribution in [3.8, 4) is 0 Å². The second kappa shape index (κ2) is 5.36. The smallest absolute Gasteiger partial charge is 0.178 e. The highest BCUT2D eigenvalue weighted by Gasteiger charge is 2.22. The number of ketones is 1. The molecule has 2 rings (SSSR count). The Morgan fingerprint density at radius 2 is 2.24 bits per heavy atom. The third-order valence-corrected chi connectivity index (χ3v) is 3.46. The topological polar surface area (TPSA) is 46.3 Å². The molecule has 1 unspecified atom stereocenters. The van der Waals surface area contributed by atoms with Crippen LogP contribution >= 0.6 is 23.2 Å². The number of carbonyl (C=O) groups is 1. The van der Waals surface area contributed by atoms with Gasteiger partial charge in [0, 0.05) is 29.7 Å². The van der Waals surface area contributed by atoms with Gasteiger partial charge in [-0.2, -0.15) is 0 Å². The van der Waals surface area contributed by atoms with E-state index in [-0.39, 0.29) is 11.8 Å². The minimum absolute atomic E-state index is 0.0146. The molecule has 1 fully saturated rings. The minimum Gasteiger partial charge on any atom is -0.326 e. The zero-order valence-electron chi connectivity index (χ0n) is 9.33. The molecule has 0 spiro atoms. The van der Waals surface area contributed by atoms with Crippen LogP contribution in [0.2, 0.25) is 10.0 Å². The summed E-state index contributed by atoms with van der Waals surface area (Å²) in [6.07, 6.45) is 0.946. The van der Waals surface area contributed by atoms with Crippen LogP contribution in [0.4, 0.5) is 0 Å². The number of hydrogen-bond donors (Lipinski definition) is 1. The minimum atomic E-state index is 0.0146. The van der Waals surface area contributed by atoms with Crippen molar-refractivity contribution in [2.75, 3.05) is 19.6 Å².